The first kappa shape index (κ1) is 30.0. The molecule has 1 aromatic carbocycles. The van der Waals surface area contributed by atoms with Crippen LogP contribution in [0, 0.1) is 0 Å². The number of hydrogen-bond acceptors (Lipinski definition) is 7. The Morgan fingerprint density at radius 2 is 1.70 bits per heavy atom. The Labute approximate surface area is 252 Å². The molecule has 5 rings (SSSR count). The quantitative estimate of drug-likeness (QED) is 0.243. The van der Waals surface area contributed by atoms with E-state index in [9.17, 15) is 9.59 Å². The van der Waals surface area contributed by atoms with Gasteiger partial charge in [0.05, 0.1) is 18.8 Å². The first-order valence-corrected chi connectivity index (χ1v) is 14.7. The summed E-state index contributed by atoms with van der Waals surface area (Å²) in [5.74, 6) is 1.07. The molecule has 0 spiro atoms. The van der Waals surface area contributed by atoms with Gasteiger partial charge in [-0.15, -0.1) is 10.2 Å². The highest BCUT2D eigenvalue weighted by Crippen LogP contribution is 2.39. The summed E-state index contributed by atoms with van der Waals surface area (Å²) in [5.41, 5.74) is 3.62. The number of benzene rings is 1. The van der Waals surface area contributed by atoms with Gasteiger partial charge in [0.25, 0.3) is 0 Å². The highest BCUT2D eigenvalue weighted by atomic mass is 16.5. The summed E-state index contributed by atoms with van der Waals surface area (Å²) in [5, 5.41) is 14.7. The lowest BCUT2D eigenvalue weighted by atomic mass is 9.85. The van der Waals surface area contributed by atoms with Gasteiger partial charge in [0.1, 0.15) is 17.7 Å². The molecule has 43 heavy (non-hydrogen) atoms. The van der Waals surface area contributed by atoms with E-state index in [4.69, 9.17) is 9.47 Å². The molecule has 4 aromatic rings. The molecular weight excluding hydrogens is 544 g/mol. The average Bonchev–Trinajstić information content (AvgIpc) is 3.38. The lowest BCUT2D eigenvalue weighted by Crippen LogP contribution is -2.35. The standard InChI is InChI=1S/C33H40N6O4/c1-8-42-29(40)25-17-20(18-27(35-25)32(2,3)4)34-31(41)36-24-14-15-26(23-12-10-9-11-22(23)24)43-21-13-16-28-37-38-30(33(5,6)7)39(28)19-21/h9-13,16-19,24,26H,8,14-15H2,1-7H3,(H2,34,35,36,41)/t24-,26+/m0/s1. The van der Waals surface area contributed by atoms with Crippen molar-refractivity contribution >= 4 is 23.3 Å². The molecule has 1 aliphatic carbocycles. The van der Waals surface area contributed by atoms with E-state index in [2.05, 4.69) is 46.6 Å². The third-order valence-electron chi connectivity index (χ3n) is 7.40. The summed E-state index contributed by atoms with van der Waals surface area (Å²) in [6, 6.07) is 14.6. The van der Waals surface area contributed by atoms with E-state index in [-0.39, 0.29) is 41.3 Å². The van der Waals surface area contributed by atoms with Crippen LogP contribution < -0.4 is 15.4 Å². The number of nitrogens with zero attached hydrogens (tertiary/aromatic N) is 4. The Morgan fingerprint density at radius 3 is 2.40 bits per heavy atom. The molecule has 0 saturated heterocycles. The number of rotatable bonds is 6. The monoisotopic (exact) mass is 584 g/mol. The minimum absolute atomic E-state index is 0.159. The molecule has 3 aromatic heterocycles. The van der Waals surface area contributed by atoms with Crippen molar-refractivity contribution in [1.82, 2.24) is 24.9 Å². The molecule has 0 aliphatic heterocycles. The third kappa shape index (κ3) is 6.63. The van der Waals surface area contributed by atoms with E-state index in [1.165, 1.54) is 0 Å². The third-order valence-corrected chi connectivity index (χ3v) is 7.40. The fourth-order valence-electron chi connectivity index (χ4n) is 5.26. The number of esters is 1. The summed E-state index contributed by atoms with van der Waals surface area (Å²) in [6.07, 6.45) is 3.17. The van der Waals surface area contributed by atoms with Crippen molar-refractivity contribution in [2.75, 3.05) is 11.9 Å². The molecule has 2 amide bonds. The molecule has 10 nitrogen and oxygen atoms in total. The van der Waals surface area contributed by atoms with Crippen molar-refractivity contribution in [2.45, 2.75) is 84.3 Å². The number of ether oxygens (including phenoxy) is 2. The molecular formula is C33H40N6O4. The first-order chi connectivity index (χ1) is 20.3. The van der Waals surface area contributed by atoms with Gasteiger partial charge >= 0.3 is 12.0 Å². The lowest BCUT2D eigenvalue weighted by molar-refractivity contribution is 0.0519. The van der Waals surface area contributed by atoms with Crippen molar-refractivity contribution in [2.24, 2.45) is 0 Å². The summed E-state index contributed by atoms with van der Waals surface area (Å²) < 4.78 is 13.7. The smallest absolute Gasteiger partial charge is 0.356 e. The van der Waals surface area contributed by atoms with Gasteiger partial charge in [0.2, 0.25) is 0 Å². The molecule has 0 saturated carbocycles. The number of anilines is 1. The molecule has 2 N–H and O–H groups in total. The maximum Gasteiger partial charge on any atom is 0.356 e. The summed E-state index contributed by atoms with van der Waals surface area (Å²) >= 11 is 0. The summed E-state index contributed by atoms with van der Waals surface area (Å²) in [4.78, 5) is 30.2. The summed E-state index contributed by atoms with van der Waals surface area (Å²) in [7, 11) is 0. The number of carbonyl (C=O) groups is 2. The van der Waals surface area contributed by atoms with E-state index >= 15 is 0 Å². The van der Waals surface area contributed by atoms with Crippen LogP contribution in [0.15, 0.2) is 54.7 Å². The molecule has 226 valence electrons. The fourth-order valence-corrected chi connectivity index (χ4v) is 5.26. The number of pyridine rings is 2. The molecule has 3 heterocycles. The number of fused-ring (bicyclic) bond motifs is 2. The van der Waals surface area contributed by atoms with E-state index in [1.807, 2.05) is 67.8 Å². The maximum atomic E-state index is 13.2. The van der Waals surface area contributed by atoms with Crippen LogP contribution in [0.5, 0.6) is 5.75 Å². The number of aromatic nitrogens is 4. The molecule has 0 radical (unpaired) electrons. The van der Waals surface area contributed by atoms with Crippen LogP contribution in [0.4, 0.5) is 10.5 Å². The van der Waals surface area contributed by atoms with E-state index in [0.717, 1.165) is 28.3 Å². The number of hydrogen-bond donors (Lipinski definition) is 2. The minimum Gasteiger partial charge on any atom is -0.484 e. The average molecular weight is 585 g/mol. The van der Waals surface area contributed by atoms with Crippen LogP contribution in [-0.4, -0.2) is 38.2 Å². The minimum atomic E-state index is -0.526. The number of nitrogens with one attached hydrogen (secondary N) is 2. The molecule has 1 aliphatic rings. The van der Waals surface area contributed by atoms with Crippen molar-refractivity contribution < 1.29 is 19.1 Å². The first-order valence-electron chi connectivity index (χ1n) is 14.7. The highest BCUT2D eigenvalue weighted by molar-refractivity contribution is 5.93. The van der Waals surface area contributed by atoms with Crippen LogP contribution in [-0.2, 0) is 15.6 Å². The van der Waals surface area contributed by atoms with Gasteiger partial charge in [-0.1, -0.05) is 65.8 Å². The fraction of sp³-hybridized carbons (Fsp3) is 0.424. The maximum absolute atomic E-state index is 13.2. The van der Waals surface area contributed by atoms with Gasteiger partial charge in [-0.25, -0.2) is 14.6 Å². The van der Waals surface area contributed by atoms with Crippen molar-refractivity contribution in [1.29, 1.82) is 0 Å². The van der Waals surface area contributed by atoms with Gasteiger partial charge in [-0.05, 0) is 55.2 Å². The topological polar surface area (TPSA) is 120 Å². The predicted molar refractivity (Wildman–Crippen MR) is 165 cm³/mol. The van der Waals surface area contributed by atoms with Gasteiger partial charge in [-0.2, -0.15) is 0 Å². The normalized spacial score (nSPS) is 16.8. The van der Waals surface area contributed by atoms with E-state index < -0.39 is 5.97 Å². The molecule has 0 bridgehead atoms. The van der Waals surface area contributed by atoms with Crippen LogP contribution in [0.25, 0.3) is 5.65 Å². The zero-order chi connectivity index (χ0) is 30.9. The molecule has 0 fully saturated rings. The largest absolute Gasteiger partial charge is 0.484 e. The number of amides is 2. The van der Waals surface area contributed by atoms with Gasteiger partial charge < -0.3 is 20.1 Å². The Balaban J connectivity index is 1.33. The second-order valence-corrected chi connectivity index (χ2v) is 12.9. The van der Waals surface area contributed by atoms with Crippen molar-refractivity contribution in [3.8, 4) is 5.75 Å². The van der Waals surface area contributed by atoms with Crippen LogP contribution >= 0.6 is 0 Å². The molecule has 0 unspecified atom stereocenters. The van der Waals surface area contributed by atoms with Crippen molar-refractivity contribution in [3.63, 3.8) is 0 Å². The lowest BCUT2D eigenvalue weighted by Gasteiger charge is -2.32. The van der Waals surface area contributed by atoms with Gasteiger partial charge in [-0.3, -0.25) is 4.40 Å². The van der Waals surface area contributed by atoms with Crippen molar-refractivity contribution in [3.05, 3.63) is 83.1 Å². The Kier molecular flexibility index (Phi) is 8.14. The second kappa shape index (κ2) is 11.7. The predicted octanol–water partition coefficient (Wildman–Crippen LogP) is 6.67. The SMILES string of the molecule is CCOC(=O)c1cc(NC(=O)N[C@H]2CC[C@@H](Oc3ccc4nnc(C(C)(C)C)n4c3)c3ccccc32)cc(C(C)(C)C)n1. The molecule has 2 atom stereocenters. The van der Waals surface area contributed by atoms with Crippen LogP contribution in [0.3, 0.4) is 0 Å². The number of carbonyl (C=O) groups excluding carboxylic acids is 2. The van der Waals surface area contributed by atoms with Crippen LogP contribution in [0.2, 0.25) is 0 Å². The van der Waals surface area contributed by atoms with Gasteiger partial charge in [0.15, 0.2) is 11.3 Å². The van der Waals surface area contributed by atoms with Gasteiger partial charge in [0, 0.05) is 22.2 Å². The highest BCUT2D eigenvalue weighted by Gasteiger charge is 2.30. The Morgan fingerprint density at radius 1 is 0.953 bits per heavy atom. The number of urea groups is 1. The zero-order valence-electron chi connectivity index (χ0n) is 25.9. The summed E-state index contributed by atoms with van der Waals surface area (Å²) in [6.45, 7) is 14.3. The second-order valence-electron chi connectivity index (χ2n) is 12.9. The molecule has 10 heteroatoms. The Bertz CT molecular complexity index is 1650. The van der Waals surface area contributed by atoms with E-state index in [1.54, 1.807) is 19.1 Å². The zero-order valence-corrected chi connectivity index (χ0v) is 25.9. The Hall–Kier alpha value is -4.47. The van der Waals surface area contributed by atoms with E-state index in [0.29, 0.717) is 24.2 Å². The van der Waals surface area contributed by atoms with Crippen LogP contribution in [0.1, 0.15) is 107 Å².